The Hall–Kier alpha value is -1.51. The minimum absolute atomic E-state index is 0.0769. The summed E-state index contributed by atoms with van der Waals surface area (Å²) < 4.78 is 1.87. The normalized spacial score (nSPS) is 12.5. The first-order valence-electron chi connectivity index (χ1n) is 6.25. The van der Waals surface area contributed by atoms with Crippen molar-refractivity contribution in [3.05, 3.63) is 29.3 Å². The van der Waals surface area contributed by atoms with Gasteiger partial charge in [0, 0.05) is 0 Å². The third-order valence-corrected chi connectivity index (χ3v) is 5.65. The Morgan fingerprint density at radius 1 is 1.29 bits per heavy atom. The average Bonchev–Trinajstić information content (AvgIpc) is 3.04. The Labute approximate surface area is 133 Å². The van der Waals surface area contributed by atoms with Crippen LogP contribution in [0.2, 0.25) is 0 Å². The maximum atomic E-state index is 12.2. The SMILES string of the molecule is Cc1nnc(S[C@@H](C)C(=O)Nc2nc3ccccc3s2)s1. The third kappa shape index (κ3) is 3.39. The van der Waals surface area contributed by atoms with E-state index in [2.05, 4.69) is 20.5 Å². The summed E-state index contributed by atoms with van der Waals surface area (Å²) in [6.45, 7) is 3.75. The number of amides is 1. The smallest absolute Gasteiger partial charge is 0.239 e. The van der Waals surface area contributed by atoms with Gasteiger partial charge in [-0.25, -0.2) is 4.98 Å². The second-order valence-electron chi connectivity index (χ2n) is 4.32. The number of nitrogens with zero attached hydrogens (tertiary/aromatic N) is 3. The van der Waals surface area contributed by atoms with E-state index in [1.165, 1.54) is 34.4 Å². The molecule has 0 saturated heterocycles. The largest absolute Gasteiger partial charge is 0.301 e. The van der Waals surface area contributed by atoms with Crippen molar-refractivity contribution in [3.8, 4) is 0 Å². The number of nitrogens with one attached hydrogen (secondary N) is 1. The Kier molecular flexibility index (Phi) is 4.18. The van der Waals surface area contributed by atoms with Crippen LogP contribution in [0.4, 0.5) is 5.13 Å². The molecule has 0 aliphatic carbocycles. The van der Waals surface area contributed by atoms with E-state index >= 15 is 0 Å². The van der Waals surface area contributed by atoms with Gasteiger partial charge < -0.3 is 5.32 Å². The van der Waals surface area contributed by atoms with Crippen LogP contribution in [0, 0.1) is 6.92 Å². The van der Waals surface area contributed by atoms with Gasteiger partial charge in [-0.1, -0.05) is 46.6 Å². The minimum atomic E-state index is -0.246. The van der Waals surface area contributed by atoms with Crippen molar-refractivity contribution >= 4 is 55.7 Å². The quantitative estimate of drug-likeness (QED) is 0.738. The number of anilines is 1. The van der Waals surface area contributed by atoms with Gasteiger partial charge in [0.15, 0.2) is 9.47 Å². The summed E-state index contributed by atoms with van der Waals surface area (Å²) in [5.41, 5.74) is 0.901. The fourth-order valence-corrected chi connectivity index (χ4v) is 4.49. The van der Waals surface area contributed by atoms with E-state index < -0.39 is 0 Å². The van der Waals surface area contributed by atoms with Crippen LogP contribution in [-0.4, -0.2) is 26.3 Å². The van der Waals surface area contributed by atoms with Crippen LogP contribution < -0.4 is 5.32 Å². The lowest BCUT2D eigenvalue weighted by atomic mass is 10.3. The van der Waals surface area contributed by atoms with Crippen molar-refractivity contribution < 1.29 is 4.79 Å². The molecule has 0 unspecified atom stereocenters. The summed E-state index contributed by atoms with van der Waals surface area (Å²) >= 11 is 4.38. The molecule has 0 radical (unpaired) electrons. The summed E-state index contributed by atoms with van der Waals surface area (Å²) in [6, 6.07) is 7.82. The van der Waals surface area contributed by atoms with Gasteiger partial charge in [-0.05, 0) is 26.0 Å². The summed E-state index contributed by atoms with van der Waals surface area (Å²) in [6.07, 6.45) is 0. The Morgan fingerprint density at radius 3 is 2.81 bits per heavy atom. The summed E-state index contributed by atoms with van der Waals surface area (Å²) in [5, 5.41) is 12.1. The number of para-hydroxylation sites is 1. The van der Waals surface area contributed by atoms with Crippen LogP contribution in [0.3, 0.4) is 0 Å². The number of rotatable bonds is 4. The summed E-state index contributed by atoms with van der Waals surface area (Å²) in [7, 11) is 0. The predicted molar refractivity (Wildman–Crippen MR) is 88.2 cm³/mol. The third-order valence-electron chi connectivity index (χ3n) is 2.68. The Morgan fingerprint density at radius 2 is 2.10 bits per heavy atom. The first-order valence-corrected chi connectivity index (χ1v) is 8.76. The molecule has 0 saturated carbocycles. The molecule has 0 bridgehead atoms. The maximum Gasteiger partial charge on any atom is 0.239 e. The minimum Gasteiger partial charge on any atom is -0.301 e. The molecule has 0 fully saturated rings. The first kappa shape index (κ1) is 14.4. The van der Waals surface area contributed by atoms with Gasteiger partial charge in [0.25, 0.3) is 0 Å². The van der Waals surface area contributed by atoms with Crippen LogP contribution in [0.15, 0.2) is 28.6 Å². The lowest BCUT2D eigenvalue weighted by Gasteiger charge is -2.07. The van der Waals surface area contributed by atoms with Crippen molar-refractivity contribution in [1.82, 2.24) is 15.2 Å². The highest BCUT2D eigenvalue weighted by atomic mass is 32.2. The molecule has 5 nitrogen and oxygen atoms in total. The van der Waals surface area contributed by atoms with E-state index in [0.717, 1.165) is 19.6 Å². The molecule has 2 aromatic heterocycles. The van der Waals surface area contributed by atoms with E-state index in [-0.39, 0.29) is 11.2 Å². The number of thiazole rings is 1. The van der Waals surface area contributed by atoms with Crippen LogP contribution in [0.5, 0.6) is 0 Å². The molecule has 1 N–H and O–H groups in total. The molecule has 3 rings (SSSR count). The van der Waals surface area contributed by atoms with Gasteiger partial charge in [-0.15, -0.1) is 10.2 Å². The number of benzene rings is 1. The molecule has 0 aliphatic heterocycles. The van der Waals surface area contributed by atoms with Gasteiger partial charge >= 0.3 is 0 Å². The second kappa shape index (κ2) is 6.08. The number of carbonyl (C=O) groups is 1. The van der Waals surface area contributed by atoms with Crippen LogP contribution in [0.1, 0.15) is 11.9 Å². The molecule has 1 atom stereocenters. The van der Waals surface area contributed by atoms with Crippen LogP contribution in [0.25, 0.3) is 10.2 Å². The second-order valence-corrected chi connectivity index (χ2v) is 8.12. The summed E-state index contributed by atoms with van der Waals surface area (Å²) in [5.74, 6) is -0.0769. The predicted octanol–water partition coefficient (Wildman–Crippen LogP) is 3.58. The van der Waals surface area contributed by atoms with Gasteiger partial charge in [0.05, 0.1) is 15.5 Å². The first-order chi connectivity index (χ1) is 10.1. The molecule has 3 aromatic rings. The zero-order chi connectivity index (χ0) is 14.8. The van der Waals surface area contributed by atoms with Gasteiger partial charge in [0.2, 0.25) is 5.91 Å². The van der Waals surface area contributed by atoms with E-state index in [0.29, 0.717) is 5.13 Å². The number of thioether (sulfide) groups is 1. The van der Waals surface area contributed by atoms with E-state index in [9.17, 15) is 4.79 Å². The molecule has 8 heteroatoms. The highest BCUT2D eigenvalue weighted by Gasteiger charge is 2.18. The molecular formula is C13H12N4OS3. The molecule has 1 amide bonds. The number of hydrogen-bond acceptors (Lipinski definition) is 7. The highest BCUT2D eigenvalue weighted by Crippen LogP contribution is 2.29. The maximum absolute atomic E-state index is 12.2. The number of carbonyl (C=O) groups excluding carboxylic acids is 1. The van der Waals surface area contributed by atoms with Crippen molar-refractivity contribution in [3.63, 3.8) is 0 Å². The molecular weight excluding hydrogens is 324 g/mol. The Bertz CT molecular complexity index is 749. The molecule has 1 aromatic carbocycles. The number of fused-ring (bicyclic) bond motifs is 1. The van der Waals surface area contributed by atoms with Crippen molar-refractivity contribution in [2.24, 2.45) is 0 Å². The lowest BCUT2D eigenvalue weighted by molar-refractivity contribution is -0.115. The fraction of sp³-hybridized carbons (Fsp3) is 0.231. The standard InChI is InChI=1S/C13H12N4OS3/c1-7(19-13-17-16-8(2)20-13)11(18)15-12-14-9-5-3-4-6-10(9)21-12/h3-7H,1-2H3,(H,14,15,18)/t7-/m0/s1. The van der Waals surface area contributed by atoms with Crippen molar-refractivity contribution in [2.75, 3.05) is 5.32 Å². The van der Waals surface area contributed by atoms with Crippen LogP contribution >= 0.6 is 34.4 Å². The molecule has 108 valence electrons. The molecule has 0 spiro atoms. The van der Waals surface area contributed by atoms with Crippen molar-refractivity contribution in [2.45, 2.75) is 23.4 Å². The number of aromatic nitrogens is 3. The van der Waals surface area contributed by atoms with Gasteiger partial charge in [0.1, 0.15) is 5.01 Å². The molecule has 2 heterocycles. The zero-order valence-corrected chi connectivity index (χ0v) is 13.8. The zero-order valence-electron chi connectivity index (χ0n) is 11.4. The van der Waals surface area contributed by atoms with E-state index in [1.807, 2.05) is 38.1 Å². The number of aryl methyl sites for hydroxylation is 1. The van der Waals surface area contributed by atoms with Crippen LogP contribution in [-0.2, 0) is 4.79 Å². The number of hydrogen-bond donors (Lipinski definition) is 1. The van der Waals surface area contributed by atoms with E-state index in [4.69, 9.17) is 0 Å². The lowest BCUT2D eigenvalue weighted by Crippen LogP contribution is -2.22. The van der Waals surface area contributed by atoms with Gasteiger partial charge in [-0.2, -0.15) is 0 Å². The van der Waals surface area contributed by atoms with E-state index in [1.54, 1.807) is 0 Å². The highest BCUT2D eigenvalue weighted by molar-refractivity contribution is 8.02. The van der Waals surface area contributed by atoms with Crippen molar-refractivity contribution in [1.29, 1.82) is 0 Å². The Balaban J connectivity index is 1.67. The van der Waals surface area contributed by atoms with Gasteiger partial charge in [-0.3, -0.25) is 4.79 Å². The molecule has 21 heavy (non-hydrogen) atoms. The molecule has 0 aliphatic rings. The topological polar surface area (TPSA) is 67.8 Å². The fourth-order valence-electron chi connectivity index (χ4n) is 1.66. The summed E-state index contributed by atoms with van der Waals surface area (Å²) in [4.78, 5) is 16.6. The average molecular weight is 336 g/mol. The monoisotopic (exact) mass is 336 g/mol.